The van der Waals surface area contributed by atoms with Crippen molar-refractivity contribution in [3.8, 4) is 22.7 Å². The Bertz CT molecular complexity index is 1450. The first kappa shape index (κ1) is 23.1. The zero-order chi connectivity index (χ0) is 24.4. The number of aryl methyl sites for hydroxylation is 1. The molecule has 0 spiro atoms. The van der Waals surface area contributed by atoms with Gasteiger partial charge in [0.1, 0.15) is 5.75 Å². The van der Waals surface area contributed by atoms with Gasteiger partial charge in [0.05, 0.1) is 34.5 Å². The fourth-order valence-corrected chi connectivity index (χ4v) is 4.38. The first-order valence-corrected chi connectivity index (χ1v) is 11.8. The number of hydrogen-bond acceptors (Lipinski definition) is 5. The molecular weight excluding hydrogens is 483 g/mol. The van der Waals surface area contributed by atoms with Crippen LogP contribution >= 0.6 is 23.2 Å². The number of rotatable bonds is 7. The lowest BCUT2D eigenvalue weighted by Gasteiger charge is -2.16. The van der Waals surface area contributed by atoms with Gasteiger partial charge in [-0.15, -0.1) is 10.2 Å². The molecular formula is C26H22Cl2N6O. The van der Waals surface area contributed by atoms with Crippen LogP contribution in [-0.2, 0) is 6.42 Å². The molecule has 1 N–H and O–H groups in total. The van der Waals surface area contributed by atoms with Crippen LogP contribution in [0.3, 0.4) is 0 Å². The molecule has 1 unspecified atom stereocenters. The number of tetrazole rings is 1. The minimum Gasteiger partial charge on any atom is -0.497 e. The quantitative estimate of drug-likeness (QED) is 0.291. The van der Waals surface area contributed by atoms with Gasteiger partial charge >= 0.3 is 0 Å². The van der Waals surface area contributed by atoms with Crippen molar-refractivity contribution in [1.82, 2.24) is 30.4 Å². The summed E-state index contributed by atoms with van der Waals surface area (Å²) in [5, 5.41) is 20.9. The number of halogens is 2. The van der Waals surface area contributed by atoms with E-state index in [0.29, 0.717) is 22.3 Å². The Balaban J connectivity index is 1.62. The molecule has 1 atom stereocenters. The van der Waals surface area contributed by atoms with E-state index in [1.165, 1.54) is 0 Å². The van der Waals surface area contributed by atoms with Crippen molar-refractivity contribution in [1.29, 1.82) is 0 Å². The second kappa shape index (κ2) is 9.90. The molecule has 0 bridgehead atoms. The van der Waals surface area contributed by atoms with Crippen LogP contribution in [0.25, 0.3) is 16.9 Å². The number of methoxy groups -OCH3 is 1. The van der Waals surface area contributed by atoms with Crippen LogP contribution in [0, 0.1) is 6.92 Å². The van der Waals surface area contributed by atoms with Crippen molar-refractivity contribution >= 4 is 23.2 Å². The summed E-state index contributed by atoms with van der Waals surface area (Å²) in [7, 11) is 1.65. The van der Waals surface area contributed by atoms with Gasteiger partial charge in [0.25, 0.3) is 0 Å². The van der Waals surface area contributed by atoms with E-state index in [2.05, 4.69) is 51.8 Å². The fourth-order valence-electron chi connectivity index (χ4n) is 4.08. The SMILES string of the molecule is COc1ccc(-n2nc(-c3ccc(Cl)c(Cl)c3)cc2CC(c2cccc(C)c2)c2nn[nH]n2)cc1. The molecule has 2 aromatic heterocycles. The second-order valence-electron chi connectivity index (χ2n) is 8.20. The van der Waals surface area contributed by atoms with E-state index in [1.54, 1.807) is 13.2 Å². The molecule has 0 radical (unpaired) electrons. The van der Waals surface area contributed by atoms with Crippen molar-refractivity contribution < 1.29 is 4.74 Å². The van der Waals surface area contributed by atoms with Crippen LogP contribution in [0.2, 0.25) is 10.0 Å². The first-order valence-electron chi connectivity index (χ1n) is 11.0. The van der Waals surface area contributed by atoms with E-state index in [0.717, 1.165) is 39.5 Å². The number of nitrogens with one attached hydrogen (secondary N) is 1. The van der Waals surface area contributed by atoms with E-state index >= 15 is 0 Å². The molecule has 0 saturated heterocycles. The molecule has 5 rings (SSSR count). The lowest BCUT2D eigenvalue weighted by atomic mass is 9.92. The molecule has 0 saturated carbocycles. The standard InChI is InChI=1S/C26H22Cl2N6O/c1-16-4-3-5-17(12-16)22(26-29-32-33-30-26)14-20-15-25(18-6-11-23(27)24(28)13-18)31-34(20)19-7-9-21(35-2)10-8-19/h3-13,15,22H,14H2,1-2H3,(H,29,30,32,33). The smallest absolute Gasteiger partial charge is 0.182 e. The maximum Gasteiger partial charge on any atom is 0.182 e. The Morgan fingerprint density at radius 2 is 1.80 bits per heavy atom. The zero-order valence-electron chi connectivity index (χ0n) is 19.1. The van der Waals surface area contributed by atoms with Gasteiger partial charge in [-0.3, -0.25) is 0 Å². The second-order valence-corrected chi connectivity index (χ2v) is 9.01. The molecule has 35 heavy (non-hydrogen) atoms. The van der Waals surface area contributed by atoms with Crippen molar-refractivity contribution in [2.75, 3.05) is 7.11 Å². The van der Waals surface area contributed by atoms with Gasteiger partial charge in [-0.2, -0.15) is 10.3 Å². The van der Waals surface area contributed by atoms with Crippen molar-refractivity contribution in [2.45, 2.75) is 19.3 Å². The highest BCUT2D eigenvalue weighted by molar-refractivity contribution is 6.42. The number of aromatic nitrogens is 6. The lowest BCUT2D eigenvalue weighted by molar-refractivity contribution is 0.414. The lowest BCUT2D eigenvalue weighted by Crippen LogP contribution is -2.11. The van der Waals surface area contributed by atoms with Crippen molar-refractivity contribution in [2.24, 2.45) is 0 Å². The fraction of sp³-hybridized carbons (Fsp3) is 0.154. The highest BCUT2D eigenvalue weighted by Crippen LogP contribution is 2.32. The van der Waals surface area contributed by atoms with E-state index in [9.17, 15) is 0 Å². The summed E-state index contributed by atoms with van der Waals surface area (Å²) in [6.45, 7) is 2.07. The molecule has 0 aliphatic rings. The summed E-state index contributed by atoms with van der Waals surface area (Å²) in [5.41, 5.74) is 5.81. The third-order valence-electron chi connectivity index (χ3n) is 5.85. The Morgan fingerprint density at radius 1 is 0.971 bits per heavy atom. The molecule has 0 aliphatic carbocycles. The largest absolute Gasteiger partial charge is 0.497 e. The van der Waals surface area contributed by atoms with Crippen molar-refractivity contribution in [3.05, 3.63) is 105 Å². The third kappa shape index (κ3) is 4.92. The molecule has 176 valence electrons. The van der Waals surface area contributed by atoms with Gasteiger partial charge in [0.2, 0.25) is 0 Å². The van der Waals surface area contributed by atoms with E-state index in [-0.39, 0.29) is 5.92 Å². The van der Waals surface area contributed by atoms with Crippen LogP contribution in [0.5, 0.6) is 5.75 Å². The summed E-state index contributed by atoms with van der Waals surface area (Å²) < 4.78 is 7.26. The number of aromatic amines is 1. The van der Waals surface area contributed by atoms with Gasteiger partial charge in [-0.1, -0.05) is 64.3 Å². The van der Waals surface area contributed by atoms with Crippen LogP contribution in [0.15, 0.2) is 72.8 Å². The average molecular weight is 505 g/mol. The van der Waals surface area contributed by atoms with Crippen LogP contribution < -0.4 is 4.74 Å². The Hall–Kier alpha value is -3.68. The molecule has 0 fully saturated rings. The number of hydrogen-bond donors (Lipinski definition) is 1. The summed E-state index contributed by atoms with van der Waals surface area (Å²) in [6, 6.07) is 23.7. The van der Waals surface area contributed by atoms with E-state index < -0.39 is 0 Å². The summed E-state index contributed by atoms with van der Waals surface area (Å²) in [5.74, 6) is 1.27. The minimum absolute atomic E-state index is 0.121. The van der Waals surface area contributed by atoms with Crippen LogP contribution in [0.1, 0.15) is 28.6 Å². The van der Waals surface area contributed by atoms with Gasteiger partial charge in [0, 0.05) is 17.7 Å². The van der Waals surface area contributed by atoms with Gasteiger partial charge in [-0.05, 0) is 55.0 Å². The molecule has 5 aromatic rings. The number of H-pyrrole nitrogens is 1. The number of benzene rings is 3. The van der Waals surface area contributed by atoms with Gasteiger partial charge < -0.3 is 4.74 Å². The molecule has 9 heteroatoms. The molecule has 2 heterocycles. The third-order valence-corrected chi connectivity index (χ3v) is 6.59. The molecule has 0 amide bonds. The van der Waals surface area contributed by atoms with Crippen LogP contribution in [0.4, 0.5) is 0 Å². The predicted molar refractivity (Wildman–Crippen MR) is 136 cm³/mol. The number of ether oxygens (including phenoxy) is 1. The Kier molecular flexibility index (Phi) is 6.53. The predicted octanol–water partition coefficient (Wildman–Crippen LogP) is 6.05. The highest BCUT2D eigenvalue weighted by atomic mass is 35.5. The van der Waals surface area contributed by atoms with Gasteiger partial charge in [0.15, 0.2) is 5.82 Å². The Morgan fingerprint density at radius 3 is 2.49 bits per heavy atom. The first-order chi connectivity index (χ1) is 17.0. The molecule has 7 nitrogen and oxygen atoms in total. The zero-order valence-corrected chi connectivity index (χ0v) is 20.6. The maximum absolute atomic E-state index is 6.30. The number of nitrogens with zero attached hydrogens (tertiary/aromatic N) is 5. The average Bonchev–Trinajstić information content (AvgIpc) is 3.55. The minimum atomic E-state index is -0.121. The Labute approximate surface area is 212 Å². The summed E-state index contributed by atoms with van der Waals surface area (Å²) in [4.78, 5) is 0. The van der Waals surface area contributed by atoms with E-state index in [1.807, 2.05) is 47.1 Å². The highest BCUT2D eigenvalue weighted by Gasteiger charge is 2.23. The van der Waals surface area contributed by atoms with Crippen LogP contribution in [-0.4, -0.2) is 37.5 Å². The summed E-state index contributed by atoms with van der Waals surface area (Å²) in [6.07, 6.45) is 0.601. The monoisotopic (exact) mass is 504 g/mol. The van der Waals surface area contributed by atoms with E-state index in [4.69, 9.17) is 33.0 Å². The summed E-state index contributed by atoms with van der Waals surface area (Å²) >= 11 is 12.4. The normalized spacial score (nSPS) is 12.0. The molecule has 0 aliphatic heterocycles. The maximum atomic E-state index is 6.30. The topological polar surface area (TPSA) is 81.5 Å². The van der Waals surface area contributed by atoms with Crippen molar-refractivity contribution in [3.63, 3.8) is 0 Å². The van der Waals surface area contributed by atoms with Gasteiger partial charge in [-0.25, -0.2) is 4.68 Å². The molecule has 3 aromatic carbocycles.